The van der Waals surface area contributed by atoms with Gasteiger partial charge >= 0.3 is 6.03 Å². The Labute approximate surface area is 148 Å². The topological polar surface area (TPSA) is 81.7 Å². The Morgan fingerprint density at radius 3 is 2.79 bits per heavy atom. The largest absolute Gasteiger partial charge is 0.395 e. The van der Waals surface area contributed by atoms with E-state index in [2.05, 4.69) is 10.6 Å². The number of urea groups is 1. The third-order valence-corrected chi connectivity index (χ3v) is 7.00. The molecule has 0 aromatic carbocycles. The average Bonchev–Trinajstić information content (AvgIpc) is 3.27. The summed E-state index contributed by atoms with van der Waals surface area (Å²) < 4.78 is 0. The molecule has 2 heterocycles. The highest BCUT2D eigenvalue weighted by Gasteiger charge is 2.42. The lowest BCUT2D eigenvalue weighted by Gasteiger charge is -2.28. The number of aliphatic hydroxyl groups is 1. The smallest absolute Gasteiger partial charge is 0.315 e. The van der Waals surface area contributed by atoms with Crippen molar-refractivity contribution in [2.24, 2.45) is 0 Å². The molecule has 3 rings (SSSR count). The third kappa shape index (κ3) is 4.17. The Kier molecular flexibility index (Phi) is 6.27. The number of nitrogens with zero attached hydrogens (tertiary/aromatic N) is 1. The van der Waals surface area contributed by atoms with Crippen molar-refractivity contribution in [3.8, 4) is 0 Å². The number of unbranched alkanes of at least 4 members (excludes halogenated alkanes) is 1. The molecule has 3 fully saturated rings. The average molecular weight is 356 g/mol. The van der Waals surface area contributed by atoms with Gasteiger partial charge in [-0.25, -0.2) is 4.79 Å². The minimum absolute atomic E-state index is 0.0401. The van der Waals surface area contributed by atoms with Crippen molar-refractivity contribution >= 4 is 23.7 Å². The summed E-state index contributed by atoms with van der Waals surface area (Å²) in [5.41, 5.74) is 0. The summed E-state index contributed by atoms with van der Waals surface area (Å²) in [6, 6.07) is 0.830. The molecule has 2 aliphatic heterocycles. The van der Waals surface area contributed by atoms with E-state index in [1.54, 1.807) is 0 Å². The zero-order valence-electron chi connectivity index (χ0n) is 14.2. The van der Waals surface area contributed by atoms with Gasteiger partial charge in [-0.05, 0) is 25.7 Å². The minimum Gasteiger partial charge on any atom is -0.395 e. The normalized spacial score (nSPS) is 29.4. The summed E-state index contributed by atoms with van der Waals surface area (Å²) in [5, 5.41) is 15.7. The van der Waals surface area contributed by atoms with Gasteiger partial charge in [0.25, 0.3) is 0 Å². The van der Waals surface area contributed by atoms with Gasteiger partial charge in [0.05, 0.1) is 18.7 Å². The van der Waals surface area contributed by atoms with Gasteiger partial charge in [-0.15, -0.1) is 0 Å². The number of carbonyl (C=O) groups is 2. The molecule has 6 nitrogen and oxygen atoms in total. The molecular weight excluding hydrogens is 326 g/mol. The maximum Gasteiger partial charge on any atom is 0.315 e. The molecule has 3 N–H and O–H groups in total. The zero-order valence-corrected chi connectivity index (χ0v) is 15.0. The number of aliphatic hydroxyl groups excluding tert-OH is 1. The third-order valence-electron chi connectivity index (χ3n) is 5.49. The van der Waals surface area contributed by atoms with E-state index in [4.69, 9.17) is 0 Å². The summed E-state index contributed by atoms with van der Waals surface area (Å²) in [6.45, 7) is 0.528. The Balaban J connectivity index is 1.37. The summed E-state index contributed by atoms with van der Waals surface area (Å²) in [7, 11) is 0. The molecule has 0 spiro atoms. The molecule has 3 amide bonds. The maximum atomic E-state index is 12.5. The van der Waals surface area contributed by atoms with Gasteiger partial charge in [-0.2, -0.15) is 11.8 Å². The number of fused-ring (bicyclic) bond motifs is 1. The summed E-state index contributed by atoms with van der Waals surface area (Å²) in [6.07, 6.45) is 8.09. The molecular formula is C17H29N3O3S. The lowest BCUT2D eigenvalue weighted by molar-refractivity contribution is -0.134. The van der Waals surface area contributed by atoms with Crippen molar-refractivity contribution in [1.82, 2.24) is 15.5 Å². The van der Waals surface area contributed by atoms with Crippen LogP contribution in [0.5, 0.6) is 0 Å². The fourth-order valence-corrected chi connectivity index (χ4v) is 5.79. The van der Waals surface area contributed by atoms with E-state index in [1.807, 2.05) is 16.7 Å². The standard InChI is InChI=1S/C17H29N3O3S/c21-10-9-20(12-5-1-2-6-12)15(22)8-4-3-7-14-16-13(11-24-14)18-17(23)19-16/h12-14,16,21H,1-11H2,(H2,18,19,23)/t13-,14-,16-/m0/s1. The Morgan fingerprint density at radius 1 is 1.25 bits per heavy atom. The molecule has 2 saturated heterocycles. The molecule has 0 bridgehead atoms. The van der Waals surface area contributed by atoms with Gasteiger partial charge in [0, 0.05) is 30.0 Å². The van der Waals surface area contributed by atoms with Crippen LogP contribution in [0.1, 0.15) is 51.4 Å². The van der Waals surface area contributed by atoms with Crippen LogP contribution in [-0.2, 0) is 4.79 Å². The van der Waals surface area contributed by atoms with Gasteiger partial charge in [0.1, 0.15) is 0 Å². The fourth-order valence-electron chi connectivity index (χ4n) is 4.24. The molecule has 1 saturated carbocycles. The molecule has 0 aromatic heterocycles. The van der Waals surface area contributed by atoms with Gasteiger partial charge < -0.3 is 20.6 Å². The molecule has 3 aliphatic rings. The second-order valence-corrected chi connectivity index (χ2v) is 8.39. The van der Waals surface area contributed by atoms with E-state index in [1.165, 1.54) is 12.8 Å². The second kappa shape index (κ2) is 8.43. The zero-order chi connectivity index (χ0) is 16.9. The van der Waals surface area contributed by atoms with E-state index in [-0.39, 0.29) is 30.6 Å². The van der Waals surface area contributed by atoms with Crippen LogP contribution in [0.15, 0.2) is 0 Å². The molecule has 136 valence electrons. The number of nitrogens with one attached hydrogen (secondary N) is 2. The highest BCUT2D eigenvalue weighted by molar-refractivity contribution is 8.00. The van der Waals surface area contributed by atoms with E-state index in [0.717, 1.165) is 37.9 Å². The molecule has 3 atom stereocenters. The lowest BCUT2D eigenvalue weighted by atomic mass is 10.0. The summed E-state index contributed by atoms with van der Waals surface area (Å²) in [5.74, 6) is 1.18. The first-order valence-electron chi connectivity index (χ1n) is 9.28. The second-order valence-electron chi connectivity index (χ2n) is 7.12. The van der Waals surface area contributed by atoms with Crippen molar-refractivity contribution < 1.29 is 14.7 Å². The molecule has 0 unspecified atom stereocenters. The Hall–Kier alpha value is -0.950. The predicted octanol–water partition coefficient (Wildman–Crippen LogP) is 1.48. The van der Waals surface area contributed by atoms with Crippen LogP contribution >= 0.6 is 11.8 Å². The number of rotatable bonds is 8. The summed E-state index contributed by atoms with van der Waals surface area (Å²) in [4.78, 5) is 25.8. The first-order chi connectivity index (χ1) is 11.7. The number of hydrogen-bond acceptors (Lipinski definition) is 4. The number of carbonyl (C=O) groups excluding carboxylic acids is 2. The molecule has 7 heteroatoms. The monoisotopic (exact) mass is 355 g/mol. The Bertz CT molecular complexity index is 456. The van der Waals surface area contributed by atoms with Crippen LogP contribution in [0.25, 0.3) is 0 Å². The Morgan fingerprint density at radius 2 is 2.04 bits per heavy atom. The van der Waals surface area contributed by atoms with E-state index < -0.39 is 0 Å². The van der Waals surface area contributed by atoms with E-state index >= 15 is 0 Å². The number of amides is 3. The van der Waals surface area contributed by atoms with Crippen molar-refractivity contribution in [1.29, 1.82) is 0 Å². The van der Waals surface area contributed by atoms with Crippen molar-refractivity contribution in [2.45, 2.75) is 74.7 Å². The molecule has 24 heavy (non-hydrogen) atoms. The lowest BCUT2D eigenvalue weighted by Crippen LogP contribution is -2.40. The minimum atomic E-state index is -0.0401. The number of thioether (sulfide) groups is 1. The highest BCUT2D eigenvalue weighted by Crippen LogP contribution is 2.33. The predicted molar refractivity (Wildman–Crippen MR) is 95.0 cm³/mol. The van der Waals surface area contributed by atoms with E-state index in [0.29, 0.717) is 24.3 Å². The van der Waals surface area contributed by atoms with E-state index in [9.17, 15) is 14.7 Å². The van der Waals surface area contributed by atoms with Gasteiger partial charge in [-0.3, -0.25) is 4.79 Å². The quantitative estimate of drug-likeness (QED) is 0.455. The van der Waals surface area contributed by atoms with Crippen LogP contribution in [0.4, 0.5) is 4.79 Å². The SMILES string of the molecule is O=C1N[C@H]2[C@H](CS[C@H]2CCCCC(=O)N(CCO)C2CCCC2)N1. The number of hydrogen-bond donors (Lipinski definition) is 3. The van der Waals surface area contributed by atoms with Crippen molar-refractivity contribution in [3.05, 3.63) is 0 Å². The molecule has 0 aromatic rings. The van der Waals surface area contributed by atoms with Gasteiger partial charge in [0.15, 0.2) is 0 Å². The molecule has 0 radical (unpaired) electrons. The van der Waals surface area contributed by atoms with Crippen LogP contribution in [0.3, 0.4) is 0 Å². The maximum absolute atomic E-state index is 12.5. The molecule has 1 aliphatic carbocycles. The van der Waals surface area contributed by atoms with Crippen LogP contribution in [0, 0.1) is 0 Å². The van der Waals surface area contributed by atoms with Gasteiger partial charge in [0.2, 0.25) is 5.91 Å². The summed E-state index contributed by atoms with van der Waals surface area (Å²) >= 11 is 1.92. The van der Waals surface area contributed by atoms with Crippen LogP contribution in [-0.4, -0.2) is 64.2 Å². The highest BCUT2D eigenvalue weighted by atomic mass is 32.2. The van der Waals surface area contributed by atoms with Crippen molar-refractivity contribution in [3.63, 3.8) is 0 Å². The van der Waals surface area contributed by atoms with Gasteiger partial charge in [-0.1, -0.05) is 19.3 Å². The first kappa shape index (κ1) is 17.9. The van der Waals surface area contributed by atoms with Crippen LogP contribution in [0.2, 0.25) is 0 Å². The van der Waals surface area contributed by atoms with Crippen molar-refractivity contribution in [2.75, 3.05) is 18.9 Å². The fraction of sp³-hybridized carbons (Fsp3) is 0.882. The first-order valence-corrected chi connectivity index (χ1v) is 10.3. The van der Waals surface area contributed by atoms with Crippen LogP contribution < -0.4 is 10.6 Å².